The van der Waals surface area contributed by atoms with Crippen molar-refractivity contribution in [1.82, 2.24) is 9.78 Å². The van der Waals surface area contributed by atoms with Gasteiger partial charge in [-0.1, -0.05) is 18.9 Å². The minimum Gasteiger partial charge on any atom is -0.481 e. The van der Waals surface area contributed by atoms with Gasteiger partial charge in [-0.05, 0) is 36.6 Å². The first kappa shape index (κ1) is 16.2. The molecular formula is C17H18FN3O3. The molecule has 0 atom stereocenters. The van der Waals surface area contributed by atoms with E-state index >= 15 is 0 Å². The molecule has 0 radical (unpaired) electrons. The Kier molecular flexibility index (Phi) is 4.59. The van der Waals surface area contributed by atoms with Gasteiger partial charge < -0.3 is 10.4 Å². The van der Waals surface area contributed by atoms with E-state index in [9.17, 15) is 14.0 Å². The molecule has 2 N–H and O–H groups in total. The van der Waals surface area contributed by atoms with Crippen LogP contribution in [0.15, 0.2) is 30.5 Å². The Morgan fingerprint density at radius 2 is 2.04 bits per heavy atom. The lowest BCUT2D eigenvalue weighted by molar-refractivity contribution is -0.136. The molecule has 24 heavy (non-hydrogen) atoms. The first-order chi connectivity index (χ1) is 11.5. The van der Waals surface area contributed by atoms with Crippen LogP contribution in [-0.4, -0.2) is 26.8 Å². The van der Waals surface area contributed by atoms with Crippen LogP contribution >= 0.6 is 0 Å². The summed E-state index contributed by atoms with van der Waals surface area (Å²) >= 11 is 0. The molecule has 0 unspecified atom stereocenters. The Morgan fingerprint density at radius 3 is 2.71 bits per heavy atom. The summed E-state index contributed by atoms with van der Waals surface area (Å²) in [5.74, 6) is -2.12. The van der Waals surface area contributed by atoms with E-state index in [1.165, 1.54) is 12.1 Å². The van der Waals surface area contributed by atoms with E-state index in [1.54, 1.807) is 16.9 Å². The Balaban J connectivity index is 1.74. The van der Waals surface area contributed by atoms with E-state index in [2.05, 4.69) is 10.4 Å². The normalized spacial score (nSPS) is 14.7. The van der Waals surface area contributed by atoms with Crippen molar-refractivity contribution in [2.45, 2.75) is 38.1 Å². The van der Waals surface area contributed by atoms with Crippen molar-refractivity contribution in [3.05, 3.63) is 47.5 Å². The molecule has 7 heteroatoms. The average Bonchev–Trinajstić information content (AvgIpc) is 3.19. The lowest BCUT2D eigenvalue weighted by Gasteiger charge is -2.14. The number of benzene rings is 1. The summed E-state index contributed by atoms with van der Waals surface area (Å²) in [6.07, 6.45) is 5.45. The number of carboxylic acids is 1. The first-order valence-electron chi connectivity index (χ1n) is 7.89. The number of nitrogens with zero attached hydrogens (tertiary/aromatic N) is 2. The van der Waals surface area contributed by atoms with Gasteiger partial charge >= 0.3 is 5.97 Å². The zero-order valence-electron chi connectivity index (χ0n) is 13.0. The van der Waals surface area contributed by atoms with Crippen LogP contribution in [0.1, 0.15) is 47.8 Å². The van der Waals surface area contributed by atoms with Crippen LogP contribution in [0.25, 0.3) is 0 Å². The zero-order valence-corrected chi connectivity index (χ0v) is 13.0. The summed E-state index contributed by atoms with van der Waals surface area (Å²) in [6, 6.07) is 5.87. The highest BCUT2D eigenvalue weighted by Crippen LogP contribution is 2.30. The third-order valence-corrected chi connectivity index (χ3v) is 4.23. The predicted octanol–water partition coefficient (Wildman–Crippen LogP) is 3.02. The van der Waals surface area contributed by atoms with E-state index in [1.807, 2.05) is 0 Å². The van der Waals surface area contributed by atoms with Gasteiger partial charge in [-0.3, -0.25) is 14.3 Å². The van der Waals surface area contributed by atoms with Crippen LogP contribution in [0.3, 0.4) is 0 Å². The van der Waals surface area contributed by atoms with Crippen molar-refractivity contribution in [2.75, 3.05) is 5.32 Å². The monoisotopic (exact) mass is 331 g/mol. The molecule has 0 saturated heterocycles. The lowest BCUT2D eigenvalue weighted by Crippen LogP contribution is -2.20. The molecule has 1 aliphatic rings. The molecule has 0 spiro atoms. The molecule has 1 aromatic carbocycles. The van der Waals surface area contributed by atoms with E-state index in [0.717, 1.165) is 31.7 Å². The Bertz CT molecular complexity index is 766. The van der Waals surface area contributed by atoms with Crippen molar-refractivity contribution >= 4 is 17.6 Å². The van der Waals surface area contributed by atoms with Gasteiger partial charge in [0.1, 0.15) is 11.5 Å². The molecule has 1 heterocycles. The van der Waals surface area contributed by atoms with Crippen molar-refractivity contribution in [1.29, 1.82) is 0 Å². The van der Waals surface area contributed by atoms with Crippen molar-refractivity contribution in [2.24, 2.45) is 0 Å². The Hall–Kier alpha value is -2.70. The van der Waals surface area contributed by atoms with Crippen LogP contribution in [0, 0.1) is 5.82 Å². The molecule has 1 saturated carbocycles. The first-order valence-corrected chi connectivity index (χ1v) is 7.89. The van der Waals surface area contributed by atoms with E-state index in [4.69, 9.17) is 5.11 Å². The number of carboxylic acid groups (broad SMARTS) is 1. The number of aliphatic carboxylic acids is 1. The number of anilines is 1. The van der Waals surface area contributed by atoms with Crippen LogP contribution in [0.5, 0.6) is 0 Å². The molecule has 2 aromatic rings. The highest BCUT2D eigenvalue weighted by Gasteiger charge is 2.22. The number of carbonyl (C=O) groups excluding carboxylic acids is 1. The van der Waals surface area contributed by atoms with Gasteiger partial charge in [-0.2, -0.15) is 5.10 Å². The third-order valence-electron chi connectivity index (χ3n) is 4.23. The Labute approximate surface area is 138 Å². The summed E-state index contributed by atoms with van der Waals surface area (Å²) in [5.41, 5.74) is 0.805. The predicted molar refractivity (Wildman–Crippen MR) is 85.4 cm³/mol. The fourth-order valence-electron chi connectivity index (χ4n) is 3.06. The quantitative estimate of drug-likeness (QED) is 0.882. The minimum absolute atomic E-state index is 0.0801. The number of hydrogen-bond acceptors (Lipinski definition) is 3. The number of amides is 1. The second-order valence-electron chi connectivity index (χ2n) is 5.93. The van der Waals surface area contributed by atoms with Crippen LogP contribution < -0.4 is 5.32 Å². The highest BCUT2D eigenvalue weighted by atomic mass is 19.1. The summed E-state index contributed by atoms with van der Waals surface area (Å²) < 4.78 is 15.6. The van der Waals surface area contributed by atoms with Gasteiger partial charge in [0.25, 0.3) is 5.91 Å². The largest absolute Gasteiger partial charge is 0.481 e. The van der Waals surface area contributed by atoms with Crippen molar-refractivity contribution in [3.63, 3.8) is 0 Å². The second-order valence-corrected chi connectivity index (χ2v) is 5.93. The third kappa shape index (κ3) is 3.45. The maximum Gasteiger partial charge on any atom is 0.307 e. The van der Waals surface area contributed by atoms with Gasteiger partial charge in [0, 0.05) is 11.9 Å². The Morgan fingerprint density at radius 1 is 1.29 bits per heavy atom. The molecule has 1 aliphatic carbocycles. The lowest BCUT2D eigenvalue weighted by atomic mass is 10.1. The van der Waals surface area contributed by atoms with E-state index in [0.29, 0.717) is 5.69 Å². The highest BCUT2D eigenvalue weighted by molar-refractivity contribution is 6.03. The maximum atomic E-state index is 13.9. The molecule has 6 nitrogen and oxygen atoms in total. The van der Waals surface area contributed by atoms with Crippen molar-refractivity contribution < 1.29 is 19.1 Å². The van der Waals surface area contributed by atoms with Crippen LogP contribution in [0.2, 0.25) is 0 Å². The molecule has 1 amide bonds. The summed E-state index contributed by atoms with van der Waals surface area (Å²) in [5, 5.41) is 15.6. The fraction of sp³-hybridized carbons (Fsp3) is 0.353. The topological polar surface area (TPSA) is 84.2 Å². The summed E-state index contributed by atoms with van der Waals surface area (Å²) in [4.78, 5) is 23.1. The van der Waals surface area contributed by atoms with Gasteiger partial charge in [-0.15, -0.1) is 0 Å². The maximum absolute atomic E-state index is 13.9. The number of rotatable bonds is 5. The number of hydrogen-bond donors (Lipinski definition) is 2. The second kappa shape index (κ2) is 6.82. The minimum atomic E-state index is -1.11. The fourth-order valence-corrected chi connectivity index (χ4v) is 3.06. The summed E-state index contributed by atoms with van der Waals surface area (Å²) in [6.45, 7) is 0. The number of nitrogens with one attached hydrogen (secondary N) is 1. The van der Waals surface area contributed by atoms with Gasteiger partial charge in [0.05, 0.1) is 12.5 Å². The molecule has 1 aromatic heterocycles. The van der Waals surface area contributed by atoms with E-state index < -0.39 is 18.2 Å². The summed E-state index contributed by atoms with van der Waals surface area (Å²) in [7, 11) is 0. The van der Waals surface area contributed by atoms with Gasteiger partial charge in [0.15, 0.2) is 0 Å². The van der Waals surface area contributed by atoms with Crippen molar-refractivity contribution in [3.8, 4) is 0 Å². The number of aromatic nitrogens is 2. The molecule has 0 bridgehead atoms. The van der Waals surface area contributed by atoms with E-state index in [-0.39, 0.29) is 23.2 Å². The van der Waals surface area contributed by atoms with Crippen LogP contribution in [0.4, 0.5) is 10.1 Å². The standard InChI is InChI=1S/C17H18FN3O3/c18-14-10-12(6-5-11(14)9-16(22)23)20-17(24)15-7-8-19-21(15)13-3-1-2-4-13/h5-8,10,13H,1-4,9H2,(H,20,24)(H,22,23). The van der Waals surface area contributed by atoms with Crippen LogP contribution in [-0.2, 0) is 11.2 Å². The van der Waals surface area contributed by atoms with Gasteiger partial charge in [-0.25, -0.2) is 4.39 Å². The smallest absolute Gasteiger partial charge is 0.307 e. The molecule has 126 valence electrons. The SMILES string of the molecule is O=C(O)Cc1ccc(NC(=O)c2ccnn2C2CCCC2)cc1F. The van der Waals surface area contributed by atoms with Gasteiger partial charge in [0.2, 0.25) is 0 Å². The molecular weight excluding hydrogens is 313 g/mol. The zero-order chi connectivity index (χ0) is 17.1. The molecule has 3 rings (SSSR count). The number of carbonyl (C=O) groups is 2. The molecule has 0 aliphatic heterocycles. The molecule has 1 fully saturated rings. The number of halogens is 1. The average molecular weight is 331 g/mol.